The van der Waals surface area contributed by atoms with Crippen molar-refractivity contribution in [3.8, 4) is 22.6 Å². The number of hydrogen-bond acceptors (Lipinski definition) is 3. The molecule has 0 amide bonds. The number of ether oxygens (including phenoxy) is 2. The monoisotopic (exact) mass is 271 g/mol. The van der Waals surface area contributed by atoms with Gasteiger partial charge in [0.05, 0.1) is 13.7 Å². The third-order valence-corrected chi connectivity index (χ3v) is 3.15. The van der Waals surface area contributed by atoms with Crippen LogP contribution < -0.4 is 14.8 Å². The van der Waals surface area contributed by atoms with Gasteiger partial charge in [-0.1, -0.05) is 18.2 Å². The normalized spacial score (nSPS) is 10.3. The molecular formula is C17H21NO2. The van der Waals surface area contributed by atoms with Crippen LogP contribution in [0.2, 0.25) is 0 Å². The smallest absolute Gasteiger partial charge is 0.123 e. The Kier molecular flexibility index (Phi) is 5.02. The van der Waals surface area contributed by atoms with E-state index in [4.69, 9.17) is 9.47 Å². The van der Waals surface area contributed by atoms with Crippen molar-refractivity contribution in [2.24, 2.45) is 0 Å². The molecule has 0 bridgehead atoms. The first-order valence-corrected chi connectivity index (χ1v) is 6.83. The molecule has 0 spiro atoms. The maximum atomic E-state index is 5.47. The van der Waals surface area contributed by atoms with Gasteiger partial charge >= 0.3 is 0 Å². The summed E-state index contributed by atoms with van der Waals surface area (Å²) in [7, 11) is 3.63. The Balaban J connectivity index is 2.29. The van der Waals surface area contributed by atoms with Gasteiger partial charge in [-0.05, 0) is 49.4 Å². The van der Waals surface area contributed by atoms with Crippen LogP contribution in [-0.2, 0) is 6.54 Å². The highest BCUT2D eigenvalue weighted by atomic mass is 16.5. The highest BCUT2D eigenvalue weighted by Crippen LogP contribution is 2.27. The summed E-state index contributed by atoms with van der Waals surface area (Å²) in [5.74, 6) is 1.81. The Bertz CT molecular complexity index is 549. The van der Waals surface area contributed by atoms with Crippen LogP contribution in [0.5, 0.6) is 11.5 Å². The molecule has 3 heteroatoms. The summed E-state index contributed by atoms with van der Waals surface area (Å²) in [6, 6.07) is 14.4. The Hall–Kier alpha value is -2.00. The lowest BCUT2D eigenvalue weighted by Crippen LogP contribution is -2.06. The molecule has 2 aromatic rings. The quantitative estimate of drug-likeness (QED) is 0.872. The minimum atomic E-state index is 0.689. The lowest BCUT2D eigenvalue weighted by Gasteiger charge is -2.11. The number of rotatable bonds is 6. The molecule has 0 aromatic heterocycles. The SMILES string of the molecule is CCOc1ccc(-c2ccc(OC)c(CNC)c2)cc1. The zero-order chi connectivity index (χ0) is 14.4. The second-order valence-corrected chi connectivity index (χ2v) is 4.51. The minimum Gasteiger partial charge on any atom is -0.496 e. The van der Waals surface area contributed by atoms with E-state index in [0.29, 0.717) is 6.61 Å². The molecule has 0 radical (unpaired) electrons. The van der Waals surface area contributed by atoms with Crippen LogP contribution in [0.4, 0.5) is 0 Å². The molecule has 1 N–H and O–H groups in total. The van der Waals surface area contributed by atoms with Gasteiger partial charge < -0.3 is 14.8 Å². The molecule has 0 atom stereocenters. The van der Waals surface area contributed by atoms with Gasteiger partial charge in [0, 0.05) is 12.1 Å². The van der Waals surface area contributed by atoms with E-state index in [0.717, 1.165) is 23.6 Å². The van der Waals surface area contributed by atoms with E-state index in [1.807, 2.05) is 32.2 Å². The van der Waals surface area contributed by atoms with E-state index in [1.54, 1.807) is 7.11 Å². The maximum Gasteiger partial charge on any atom is 0.123 e. The third kappa shape index (κ3) is 3.31. The van der Waals surface area contributed by atoms with E-state index in [9.17, 15) is 0 Å². The largest absolute Gasteiger partial charge is 0.496 e. The molecular weight excluding hydrogens is 250 g/mol. The number of nitrogens with one attached hydrogen (secondary N) is 1. The van der Waals surface area contributed by atoms with Crippen molar-refractivity contribution >= 4 is 0 Å². The van der Waals surface area contributed by atoms with Gasteiger partial charge in [0.15, 0.2) is 0 Å². The average molecular weight is 271 g/mol. The summed E-state index contributed by atoms with van der Waals surface area (Å²) in [6.45, 7) is 3.46. The summed E-state index contributed by atoms with van der Waals surface area (Å²) < 4.78 is 10.8. The molecule has 0 aliphatic carbocycles. The molecule has 3 nitrogen and oxygen atoms in total. The van der Waals surface area contributed by atoms with Gasteiger partial charge in [-0.15, -0.1) is 0 Å². The first-order chi connectivity index (χ1) is 9.78. The molecule has 20 heavy (non-hydrogen) atoms. The highest BCUT2D eigenvalue weighted by Gasteiger charge is 2.05. The molecule has 2 aromatic carbocycles. The number of hydrogen-bond donors (Lipinski definition) is 1. The molecule has 0 saturated carbocycles. The lowest BCUT2D eigenvalue weighted by atomic mass is 10.0. The van der Waals surface area contributed by atoms with Crippen molar-refractivity contribution in [3.05, 3.63) is 48.0 Å². The molecule has 2 rings (SSSR count). The van der Waals surface area contributed by atoms with Crippen LogP contribution >= 0.6 is 0 Å². The van der Waals surface area contributed by atoms with Gasteiger partial charge in [0.2, 0.25) is 0 Å². The molecule has 0 heterocycles. The zero-order valence-electron chi connectivity index (χ0n) is 12.3. The van der Waals surface area contributed by atoms with E-state index in [1.165, 1.54) is 11.1 Å². The van der Waals surface area contributed by atoms with Crippen LogP contribution in [0.3, 0.4) is 0 Å². The van der Waals surface area contributed by atoms with Crippen LogP contribution in [0.15, 0.2) is 42.5 Å². The van der Waals surface area contributed by atoms with Crippen molar-refractivity contribution in [2.45, 2.75) is 13.5 Å². The van der Waals surface area contributed by atoms with Gasteiger partial charge in [-0.2, -0.15) is 0 Å². The second kappa shape index (κ2) is 6.96. The standard InChI is InChI=1S/C17H21NO2/c1-4-20-16-8-5-13(6-9-16)14-7-10-17(19-3)15(11-14)12-18-2/h5-11,18H,4,12H2,1-3H3. The predicted octanol–water partition coefficient (Wildman–Crippen LogP) is 3.48. The van der Waals surface area contributed by atoms with Crippen molar-refractivity contribution in [2.75, 3.05) is 20.8 Å². The Morgan fingerprint density at radius 3 is 2.30 bits per heavy atom. The fourth-order valence-electron chi connectivity index (χ4n) is 2.20. The summed E-state index contributed by atoms with van der Waals surface area (Å²) in [6.07, 6.45) is 0. The molecule has 0 fully saturated rings. The number of benzene rings is 2. The molecule has 0 aliphatic rings. The van der Waals surface area contributed by atoms with Crippen molar-refractivity contribution in [1.82, 2.24) is 5.32 Å². The van der Waals surface area contributed by atoms with E-state index >= 15 is 0 Å². The summed E-state index contributed by atoms with van der Waals surface area (Å²) in [5.41, 5.74) is 3.51. The van der Waals surface area contributed by atoms with E-state index < -0.39 is 0 Å². The lowest BCUT2D eigenvalue weighted by molar-refractivity contribution is 0.340. The van der Waals surface area contributed by atoms with Crippen molar-refractivity contribution < 1.29 is 9.47 Å². The zero-order valence-corrected chi connectivity index (χ0v) is 12.3. The first-order valence-electron chi connectivity index (χ1n) is 6.83. The maximum absolute atomic E-state index is 5.47. The van der Waals surface area contributed by atoms with Crippen molar-refractivity contribution in [3.63, 3.8) is 0 Å². The summed E-state index contributed by atoms with van der Waals surface area (Å²) >= 11 is 0. The minimum absolute atomic E-state index is 0.689. The Morgan fingerprint density at radius 2 is 1.70 bits per heavy atom. The molecule has 106 valence electrons. The fourth-order valence-corrected chi connectivity index (χ4v) is 2.20. The van der Waals surface area contributed by atoms with Crippen LogP contribution in [0, 0.1) is 0 Å². The highest BCUT2D eigenvalue weighted by molar-refractivity contribution is 5.66. The summed E-state index contributed by atoms with van der Waals surface area (Å²) in [4.78, 5) is 0. The van der Waals surface area contributed by atoms with Crippen molar-refractivity contribution in [1.29, 1.82) is 0 Å². The third-order valence-electron chi connectivity index (χ3n) is 3.15. The molecule has 0 saturated heterocycles. The Morgan fingerprint density at radius 1 is 1.00 bits per heavy atom. The van der Waals surface area contributed by atoms with E-state index in [-0.39, 0.29) is 0 Å². The molecule has 0 aliphatic heterocycles. The van der Waals surface area contributed by atoms with Gasteiger partial charge in [0.1, 0.15) is 11.5 Å². The van der Waals surface area contributed by atoms with Gasteiger partial charge in [0.25, 0.3) is 0 Å². The molecule has 0 unspecified atom stereocenters. The van der Waals surface area contributed by atoms with E-state index in [2.05, 4.69) is 29.6 Å². The van der Waals surface area contributed by atoms with Crippen LogP contribution in [-0.4, -0.2) is 20.8 Å². The number of methoxy groups -OCH3 is 1. The van der Waals surface area contributed by atoms with Gasteiger partial charge in [-0.3, -0.25) is 0 Å². The Labute approximate surface area is 120 Å². The topological polar surface area (TPSA) is 30.5 Å². The van der Waals surface area contributed by atoms with Gasteiger partial charge in [-0.25, -0.2) is 0 Å². The summed E-state index contributed by atoms with van der Waals surface area (Å²) in [5, 5.41) is 3.16. The predicted molar refractivity (Wildman–Crippen MR) is 82.4 cm³/mol. The fraction of sp³-hybridized carbons (Fsp3) is 0.294. The second-order valence-electron chi connectivity index (χ2n) is 4.51. The average Bonchev–Trinajstić information content (AvgIpc) is 2.49. The van der Waals surface area contributed by atoms with Crippen LogP contribution in [0.25, 0.3) is 11.1 Å². The van der Waals surface area contributed by atoms with Crippen LogP contribution in [0.1, 0.15) is 12.5 Å². The first kappa shape index (κ1) is 14.4.